The Morgan fingerprint density at radius 1 is 1.34 bits per heavy atom. The van der Waals surface area contributed by atoms with Gasteiger partial charge in [0, 0.05) is 12.1 Å². The van der Waals surface area contributed by atoms with Gasteiger partial charge in [0.2, 0.25) is 0 Å². The van der Waals surface area contributed by atoms with E-state index in [0.717, 1.165) is 0 Å². The van der Waals surface area contributed by atoms with E-state index in [1.54, 1.807) is 33.8 Å². The van der Waals surface area contributed by atoms with Gasteiger partial charge in [-0.25, -0.2) is 9.18 Å². The molecule has 8 nitrogen and oxygen atoms in total. The molecule has 0 bridgehead atoms. The molecule has 1 unspecified atom stereocenters. The number of rotatable bonds is 2. The predicted octanol–water partition coefficient (Wildman–Crippen LogP) is 2.20. The zero-order chi connectivity index (χ0) is 21.3. The maximum absolute atomic E-state index is 13.8. The van der Waals surface area contributed by atoms with Crippen LogP contribution in [0.15, 0.2) is 40.5 Å². The summed E-state index contributed by atoms with van der Waals surface area (Å²) in [6, 6.07) is 5.50. The normalized spacial score (nSPS) is 24.3. The van der Waals surface area contributed by atoms with Gasteiger partial charge in [-0.3, -0.25) is 9.63 Å². The van der Waals surface area contributed by atoms with E-state index >= 15 is 0 Å². The average Bonchev–Trinajstić information content (AvgIpc) is 2.61. The molecule has 0 aliphatic carbocycles. The van der Waals surface area contributed by atoms with Crippen molar-refractivity contribution < 1.29 is 23.6 Å². The van der Waals surface area contributed by atoms with Gasteiger partial charge in [-0.2, -0.15) is 10.3 Å². The molecule has 9 heteroatoms. The van der Waals surface area contributed by atoms with Crippen LogP contribution in [0.5, 0.6) is 0 Å². The van der Waals surface area contributed by atoms with Crippen molar-refractivity contribution in [1.82, 2.24) is 10.1 Å². The van der Waals surface area contributed by atoms with Crippen LogP contribution >= 0.6 is 0 Å². The fourth-order valence-corrected chi connectivity index (χ4v) is 3.15. The molecule has 1 fully saturated rings. The van der Waals surface area contributed by atoms with Crippen molar-refractivity contribution in [2.45, 2.75) is 39.3 Å². The van der Waals surface area contributed by atoms with Gasteiger partial charge in [0.25, 0.3) is 5.91 Å². The number of hydrogen-bond donors (Lipinski definition) is 1. The van der Waals surface area contributed by atoms with E-state index in [9.17, 15) is 14.0 Å². The van der Waals surface area contributed by atoms with Crippen LogP contribution in [0.3, 0.4) is 0 Å². The van der Waals surface area contributed by atoms with E-state index in [-0.39, 0.29) is 30.4 Å². The van der Waals surface area contributed by atoms with Crippen LogP contribution in [0.1, 0.15) is 33.3 Å². The monoisotopic (exact) mass is 404 g/mol. The molecule has 0 radical (unpaired) electrons. The van der Waals surface area contributed by atoms with E-state index < -0.39 is 23.4 Å². The summed E-state index contributed by atoms with van der Waals surface area (Å²) >= 11 is 0. The number of carbonyl (C=O) groups excluding carboxylic acids is 2. The maximum Gasteiger partial charge on any atom is 0.410 e. The summed E-state index contributed by atoms with van der Waals surface area (Å²) in [6.45, 7) is 7.79. The number of primary amides is 1. The summed E-state index contributed by atoms with van der Waals surface area (Å²) in [5.41, 5.74) is 6.20. The number of hydroxylamine groups is 1. The van der Waals surface area contributed by atoms with Crippen molar-refractivity contribution in [3.8, 4) is 0 Å². The molecule has 0 aromatic heterocycles. The Hall–Kier alpha value is -2.94. The number of nitrogens with zero attached hydrogens (tertiary/aromatic N) is 3. The molecule has 1 atom stereocenters. The van der Waals surface area contributed by atoms with Crippen LogP contribution in [-0.4, -0.2) is 59.1 Å². The fourth-order valence-electron chi connectivity index (χ4n) is 3.15. The summed E-state index contributed by atoms with van der Waals surface area (Å²) in [7, 11) is 0. The Morgan fingerprint density at radius 2 is 2.07 bits per heavy atom. The van der Waals surface area contributed by atoms with Gasteiger partial charge in [0.1, 0.15) is 29.8 Å². The third-order valence-corrected chi connectivity index (χ3v) is 4.43. The molecule has 2 aliphatic heterocycles. The second-order valence-electron chi connectivity index (χ2n) is 8.09. The van der Waals surface area contributed by atoms with Crippen molar-refractivity contribution in [3.05, 3.63) is 46.8 Å². The molecule has 0 spiro atoms. The quantitative estimate of drug-likeness (QED) is 0.815. The van der Waals surface area contributed by atoms with Gasteiger partial charge in [-0.15, -0.1) is 0 Å². The van der Waals surface area contributed by atoms with Gasteiger partial charge >= 0.3 is 6.09 Å². The lowest BCUT2D eigenvalue weighted by atomic mass is 9.97. The van der Waals surface area contributed by atoms with Crippen molar-refractivity contribution in [1.29, 1.82) is 0 Å². The smallest absolute Gasteiger partial charge is 0.410 e. The van der Waals surface area contributed by atoms with Crippen LogP contribution in [0.2, 0.25) is 0 Å². The largest absolute Gasteiger partial charge is 0.444 e. The highest BCUT2D eigenvalue weighted by Crippen LogP contribution is 2.25. The Morgan fingerprint density at radius 3 is 2.62 bits per heavy atom. The predicted molar refractivity (Wildman–Crippen MR) is 104 cm³/mol. The zero-order valence-electron chi connectivity index (χ0n) is 16.9. The third-order valence-electron chi connectivity index (χ3n) is 4.43. The summed E-state index contributed by atoms with van der Waals surface area (Å²) in [4.78, 5) is 31.9. The number of carbonyl (C=O) groups is 2. The number of hydrogen-bond acceptors (Lipinski definition) is 6. The van der Waals surface area contributed by atoms with Gasteiger partial charge in [-0.05, 0) is 45.4 Å². The minimum atomic E-state index is -0.728. The van der Waals surface area contributed by atoms with E-state index in [4.69, 9.17) is 15.3 Å². The maximum atomic E-state index is 13.8. The average molecular weight is 404 g/mol. The van der Waals surface area contributed by atoms with Crippen molar-refractivity contribution in [2.24, 2.45) is 10.8 Å². The number of hydrazone groups is 1. The number of benzene rings is 1. The molecule has 2 aliphatic rings. The summed E-state index contributed by atoms with van der Waals surface area (Å²) in [5, 5.41) is 5.74. The number of ether oxygens (including phenoxy) is 1. The van der Waals surface area contributed by atoms with Gasteiger partial charge in [-0.1, -0.05) is 12.1 Å². The summed E-state index contributed by atoms with van der Waals surface area (Å²) < 4.78 is 19.3. The SMILES string of the molecule is C/C1=C(C(N)=O)\C(c2cccc(F)c2)=N/N2OCC2CN(C(=O)OC(C)(C)C)C1. The lowest BCUT2D eigenvalue weighted by Gasteiger charge is -2.39. The van der Waals surface area contributed by atoms with Gasteiger partial charge in [0.05, 0.1) is 12.1 Å². The highest BCUT2D eigenvalue weighted by atomic mass is 19.1. The molecule has 2 heterocycles. The molecule has 156 valence electrons. The van der Waals surface area contributed by atoms with Crippen molar-refractivity contribution in [3.63, 3.8) is 0 Å². The van der Waals surface area contributed by atoms with Crippen molar-refractivity contribution >= 4 is 17.7 Å². The molecule has 2 N–H and O–H groups in total. The number of amides is 2. The first-order valence-electron chi connectivity index (χ1n) is 9.29. The fraction of sp³-hybridized carbons (Fsp3) is 0.450. The Bertz CT molecular complexity index is 891. The summed E-state index contributed by atoms with van der Waals surface area (Å²) in [6.07, 6.45) is -0.512. The lowest BCUT2D eigenvalue weighted by Crippen LogP contribution is -2.54. The van der Waals surface area contributed by atoms with Crippen LogP contribution in [0.25, 0.3) is 0 Å². The second-order valence-corrected chi connectivity index (χ2v) is 8.09. The van der Waals surface area contributed by atoms with Gasteiger partial charge in [0.15, 0.2) is 0 Å². The first-order chi connectivity index (χ1) is 13.5. The van der Waals surface area contributed by atoms with E-state index in [2.05, 4.69) is 5.10 Å². The molecule has 2 amide bonds. The van der Waals surface area contributed by atoms with E-state index in [1.165, 1.54) is 28.3 Å². The van der Waals surface area contributed by atoms with Crippen molar-refractivity contribution in [2.75, 3.05) is 19.7 Å². The minimum absolute atomic E-state index is 0.111. The molecule has 29 heavy (non-hydrogen) atoms. The summed E-state index contributed by atoms with van der Waals surface area (Å²) in [5.74, 6) is -1.20. The molecule has 1 aromatic rings. The molecule has 1 saturated heterocycles. The molecular formula is C20H25FN4O4. The standard InChI is InChI=1S/C20H25FN4O4/c1-12-9-24(19(27)29-20(2,3)4)10-15-11-28-25(15)23-17(16(12)18(22)26)13-6-5-7-14(21)8-13/h5-8,15H,9-11H2,1-4H3,(H2,22,26)/b16-12-,23-17-. The minimum Gasteiger partial charge on any atom is -0.444 e. The van der Waals surface area contributed by atoms with Crippen LogP contribution < -0.4 is 5.73 Å². The second kappa shape index (κ2) is 7.82. The molecule has 0 saturated carbocycles. The molecule has 3 rings (SSSR count). The number of halogens is 1. The first-order valence-corrected chi connectivity index (χ1v) is 9.29. The Labute approximate surface area is 168 Å². The van der Waals surface area contributed by atoms with E-state index in [0.29, 0.717) is 17.7 Å². The lowest BCUT2D eigenvalue weighted by molar-refractivity contribution is -0.291. The number of nitrogens with two attached hydrogens (primary N) is 1. The zero-order valence-corrected chi connectivity index (χ0v) is 16.9. The van der Waals surface area contributed by atoms with Gasteiger partial charge < -0.3 is 15.4 Å². The Balaban J connectivity index is 2.06. The molecular weight excluding hydrogens is 379 g/mol. The van der Waals surface area contributed by atoms with E-state index in [1.807, 2.05) is 0 Å². The highest BCUT2D eigenvalue weighted by molar-refractivity contribution is 6.28. The first kappa shape index (κ1) is 20.8. The third kappa shape index (κ3) is 4.73. The van der Waals surface area contributed by atoms with Crippen LogP contribution in [0.4, 0.5) is 9.18 Å². The number of fused-ring (bicyclic) bond motifs is 1. The van der Waals surface area contributed by atoms with Crippen LogP contribution in [-0.2, 0) is 14.4 Å². The Kier molecular flexibility index (Phi) is 5.61. The van der Waals surface area contributed by atoms with Crippen LogP contribution in [0, 0.1) is 5.82 Å². The highest BCUT2D eigenvalue weighted by Gasteiger charge is 2.37. The topological polar surface area (TPSA) is 97.5 Å². The molecule has 1 aromatic carbocycles.